The summed E-state index contributed by atoms with van der Waals surface area (Å²) >= 11 is 3.58. The lowest BCUT2D eigenvalue weighted by Crippen LogP contribution is -2.15. The molecule has 0 amide bonds. The molecule has 0 unspecified atom stereocenters. The van der Waals surface area contributed by atoms with Gasteiger partial charge in [0.1, 0.15) is 4.60 Å². The average molecular weight is 386 g/mol. The van der Waals surface area contributed by atoms with Crippen LogP contribution in [0, 0.1) is 0 Å². The van der Waals surface area contributed by atoms with Crippen LogP contribution in [-0.2, 0) is 6.54 Å². The third kappa shape index (κ3) is 3.24. The molecule has 0 bridgehead atoms. The Labute approximate surface area is 149 Å². The molecule has 0 aromatic carbocycles. The monoisotopic (exact) mass is 385 g/mol. The minimum atomic E-state index is 0.580. The first kappa shape index (κ1) is 15.4. The number of aromatic nitrogens is 3. The molecule has 4 rings (SSSR count). The Morgan fingerprint density at radius 1 is 1.25 bits per heavy atom. The van der Waals surface area contributed by atoms with E-state index in [1.165, 1.54) is 25.7 Å². The van der Waals surface area contributed by atoms with Gasteiger partial charge in [0.05, 0.1) is 17.6 Å². The van der Waals surface area contributed by atoms with E-state index in [1.807, 2.05) is 18.5 Å². The number of hydrogen-bond acceptors (Lipinski definition) is 4. The molecule has 1 aliphatic carbocycles. The molecule has 0 aliphatic heterocycles. The van der Waals surface area contributed by atoms with Gasteiger partial charge in [0.2, 0.25) is 0 Å². The second kappa shape index (κ2) is 6.81. The Morgan fingerprint density at radius 2 is 2.12 bits per heavy atom. The van der Waals surface area contributed by atoms with Gasteiger partial charge in [-0.25, -0.2) is 4.98 Å². The summed E-state index contributed by atoms with van der Waals surface area (Å²) in [5.74, 6) is 0. The van der Waals surface area contributed by atoms with Crippen molar-refractivity contribution in [1.82, 2.24) is 14.4 Å². The van der Waals surface area contributed by atoms with Crippen LogP contribution in [0.25, 0.3) is 5.65 Å². The van der Waals surface area contributed by atoms with Crippen molar-refractivity contribution >= 4 is 33.0 Å². The van der Waals surface area contributed by atoms with E-state index in [0.29, 0.717) is 6.04 Å². The molecule has 0 spiro atoms. The highest BCUT2D eigenvalue weighted by Gasteiger charge is 2.16. The first-order chi connectivity index (χ1) is 11.8. The molecule has 3 aromatic rings. The second-order valence-electron chi connectivity index (χ2n) is 6.26. The fourth-order valence-electron chi connectivity index (χ4n) is 3.27. The van der Waals surface area contributed by atoms with Crippen LogP contribution < -0.4 is 10.6 Å². The van der Waals surface area contributed by atoms with Gasteiger partial charge in [0.15, 0.2) is 5.65 Å². The molecule has 2 N–H and O–H groups in total. The lowest BCUT2D eigenvalue weighted by atomic mass is 10.2. The van der Waals surface area contributed by atoms with Crippen LogP contribution in [0.4, 0.5) is 11.4 Å². The zero-order valence-corrected chi connectivity index (χ0v) is 15.0. The standard InChI is InChI=1S/C18H20BrN5/c19-17-11-22-18-16(21-10-13-4-3-7-20-9-13)8-15(12-24(17)18)23-14-5-1-2-6-14/h3-4,7-9,11-12,14,21,23H,1-2,5-6,10H2. The molecule has 3 aromatic heterocycles. The number of anilines is 2. The first-order valence-corrected chi connectivity index (χ1v) is 9.15. The number of fused-ring (bicyclic) bond motifs is 1. The molecular weight excluding hydrogens is 366 g/mol. The summed E-state index contributed by atoms with van der Waals surface area (Å²) in [6.45, 7) is 0.723. The minimum Gasteiger partial charge on any atom is -0.381 e. The maximum absolute atomic E-state index is 4.51. The van der Waals surface area contributed by atoms with Crippen molar-refractivity contribution in [3.63, 3.8) is 0 Å². The molecule has 124 valence electrons. The van der Waals surface area contributed by atoms with E-state index in [9.17, 15) is 0 Å². The molecule has 0 saturated heterocycles. The zero-order valence-electron chi connectivity index (χ0n) is 13.4. The number of imidazole rings is 1. The first-order valence-electron chi connectivity index (χ1n) is 8.35. The second-order valence-corrected chi connectivity index (χ2v) is 7.07. The number of hydrogen-bond donors (Lipinski definition) is 2. The molecule has 1 fully saturated rings. The highest BCUT2D eigenvalue weighted by molar-refractivity contribution is 9.10. The lowest BCUT2D eigenvalue weighted by molar-refractivity contribution is 0.754. The highest BCUT2D eigenvalue weighted by Crippen LogP contribution is 2.28. The molecule has 0 radical (unpaired) electrons. The summed E-state index contributed by atoms with van der Waals surface area (Å²) in [7, 11) is 0. The molecule has 1 aliphatic rings. The maximum Gasteiger partial charge on any atom is 0.161 e. The van der Waals surface area contributed by atoms with E-state index in [1.54, 1.807) is 6.20 Å². The molecule has 0 atom stereocenters. The minimum absolute atomic E-state index is 0.580. The predicted octanol–water partition coefficient (Wildman–Crippen LogP) is 4.46. The Morgan fingerprint density at radius 3 is 2.92 bits per heavy atom. The van der Waals surface area contributed by atoms with Gasteiger partial charge in [-0.15, -0.1) is 0 Å². The van der Waals surface area contributed by atoms with E-state index in [4.69, 9.17) is 0 Å². The molecule has 24 heavy (non-hydrogen) atoms. The van der Waals surface area contributed by atoms with Gasteiger partial charge >= 0.3 is 0 Å². The number of nitrogens with one attached hydrogen (secondary N) is 2. The molecular formula is C18H20BrN5. The van der Waals surface area contributed by atoms with Gasteiger partial charge in [-0.2, -0.15) is 0 Å². The summed E-state index contributed by atoms with van der Waals surface area (Å²) in [6, 6.07) is 6.76. The van der Waals surface area contributed by atoms with Crippen molar-refractivity contribution in [3.8, 4) is 0 Å². The molecule has 6 heteroatoms. The topological polar surface area (TPSA) is 54.2 Å². The fourth-order valence-corrected chi connectivity index (χ4v) is 3.65. The summed E-state index contributed by atoms with van der Waals surface area (Å²) in [5.41, 5.74) is 4.22. The van der Waals surface area contributed by atoms with Gasteiger partial charge in [-0.05, 0) is 46.5 Å². The van der Waals surface area contributed by atoms with Crippen molar-refractivity contribution in [1.29, 1.82) is 0 Å². The smallest absolute Gasteiger partial charge is 0.161 e. The summed E-state index contributed by atoms with van der Waals surface area (Å²) in [5, 5.41) is 7.17. The van der Waals surface area contributed by atoms with Crippen LogP contribution >= 0.6 is 15.9 Å². The fraction of sp³-hybridized carbons (Fsp3) is 0.333. The summed E-state index contributed by atoms with van der Waals surface area (Å²) < 4.78 is 3.03. The van der Waals surface area contributed by atoms with Gasteiger partial charge in [0, 0.05) is 31.2 Å². The van der Waals surface area contributed by atoms with Gasteiger partial charge in [-0.1, -0.05) is 18.9 Å². The van der Waals surface area contributed by atoms with Crippen molar-refractivity contribution in [3.05, 3.63) is 53.2 Å². The molecule has 3 heterocycles. The maximum atomic E-state index is 4.51. The number of halogens is 1. The summed E-state index contributed by atoms with van der Waals surface area (Å²) in [4.78, 5) is 8.68. The Balaban J connectivity index is 1.62. The van der Waals surface area contributed by atoms with Crippen LogP contribution in [-0.4, -0.2) is 20.4 Å². The predicted molar refractivity (Wildman–Crippen MR) is 100 cm³/mol. The zero-order chi connectivity index (χ0) is 16.4. The van der Waals surface area contributed by atoms with Crippen LogP contribution in [0.3, 0.4) is 0 Å². The van der Waals surface area contributed by atoms with E-state index >= 15 is 0 Å². The Bertz CT molecular complexity index is 824. The molecule has 1 saturated carbocycles. The van der Waals surface area contributed by atoms with Crippen molar-refractivity contribution in [2.75, 3.05) is 10.6 Å². The normalized spacial score (nSPS) is 15.0. The number of nitrogens with zero attached hydrogens (tertiary/aromatic N) is 3. The Hall–Kier alpha value is -2.08. The van der Waals surface area contributed by atoms with Gasteiger partial charge in [0.25, 0.3) is 0 Å². The van der Waals surface area contributed by atoms with Crippen LogP contribution in [0.15, 0.2) is 47.6 Å². The van der Waals surface area contributed by atoms with Crippen molar-refractivity contribution in [2.45, 2.75) is 38.3 Å². The number of rotatable bonds is 5. The van der Waals surface area contributed by atoms with Gasteiger partial charge < -0.3 is 10.6 Å². The van der Waals surface area contributed by atoms with Crippen LogP contribution in [0.2, 0.25) is 0 Å². The third-order valence-corrected chi connectivity index (χ3v) is 5.08. The van der Waals surface area contributed by atoms with E-state index in [2.05, 4.69) is 59.3 Å². The lowest BCUT2D eigenvalue weighted by Gasteiger charge is -2.16. The third-order valence-electron chi connectivity index (χ3n) is 4.49. The van der Waals surface area contributed by atoms with E-state index < -0.39 is 0 Å². The highest BCUT2D eigenvalue weighted by atomic mass is 79.9. The van der Waals surface area contributed by atoms with E-state index in [0.717, 1.165) is 33.7 Å². The van der Waals surface area contributed by atoms with E-state index in [-0.39, 0.29) is 0 Å². The Kier molecular flexibility index (Phi) is 4.38. The van der Waals surface area contributed by atoms with Crippen molar-refractivity contribution in [2.24, 2.45) is 0 Å². The largest absolute Gasteiger partial charge is 0.381 e. The number of pyridine rings is 2. The van der Waals surface area contributed by atoms with Crippen LogP contribution in [0.1, 0.15) is 31.2 Å². The van der Waals surface area contributed by atoms with Crippen molar-refractivity contribution < 1.29 is 0 Å². The SMILES string of the molecule is Brc1cnc2c(NCc3cccnc3)cc(NC3CCCC3)cn12. The summed E-state index contributed by atoms with van der Waals surface area (Å²) in [6.07, 6.45) is 12.8. The quantitative estimate of drug-likeness (QED) is 0.680. The molecule has 5 nitrogen and oxygen atoms in total. The average Bonchev–Trinajstić information content (AvgIpc) is 3.24. The van der Waals surface area contributed by atoms with Crippen LogP contribution in [0.5, 0.6) is 0 Å². The van der Waals surface area contributed by atoms with Gasteiger partial charge in [-0.3, -0.25) is 9.38 Å².